The summed E-state index contributed by atoms with van der Waals surface area (Å²) in [6.07, 6.45) is 9.73. The molecule has 4 aromatic rings. The van der Waals surface area contributed by atoms with Gasteiger partial charge in [0.15, 0.2) is 0 Å². The van der Waals surface area contributed by atoms with Gasteiger partial charge in [0.2, 0.25) is 5.91 Å². The fraction of sp³-hybridized carbons (Fsp3) is 0.192. The highest BCUT2D eigenvalue weighted by atomic mass is 32.2. The number of anilines is 1. The molecule has 0 saturated carbocycles. The minimum atomic E-state index is -0.296. The Morgan fingerprint density at radius 2 is 1.88 bits per heavy atom. The molecule has 2 aromatic heterocycles. The van der Waals surface area contributed by atoms with Crippen LogP contribution in [-0.4, -0.2) is 25.2 Å². The predicted molar refractivity (Wildman–Crippen MR) is 135 cm³/mol. The Bertz CT molecular complexity index is 1280. The van der Waals surface area contributed by atoms with Crippen LogP contribution >= 0.6 is 11.8 Å². The lowest BCUT2D eigenvalue weighted by molar-refractivity contribution is -0.111. The molecule has 2 heterocycles. The maximum absolute atomic E-state index is 13.3. The molecule has 0 fully saturated rings. The summed E-state index contributed by atoms with van der Waals surface area (Å²) in [6.45, 7) is 3.12. The number of aromatic nitrogens is 4. The zero-order valence-electron chi connectivity index (χ0n) is 19.1. The molecule has 2 aromatic carbocycles. The van der Waals surface area contributed by atoms with E-state index >= 15 is 0 Å². The summed E-state index contributed by atoms with van der Waals surface area (Å²) in [5.74, 6) is 0.309. The fourth-order valence-electron chi connectivity index (χ4n) is 3.59. The first-order valence-electron chi connectivity index (χ1n) is 11.0. The molecule has 4 rings (SSSR count). The number of carbonyl (C=O) groups is 1. The molecule has 0 aliphatic rings. The summed E-state index contributed by atoms with van der Waals surface area (Å²) in [7, 11) is 1.81. The zero-order chi connectivity index (χ0) is 23.9. The molecule has 8 heteroatoms. The molecule has 34 heavy (non-hydrogen) atoms. The molecule has 0 aliphatic heterocycles. The number of thioether (sulfide) groups is 1. The van der Waals surface area contributed by atoms with Gasteiger partial charge < -0.3 is 9.88 Å². The summed E-state index contributed by atoms with van der Waals surface area (Å²) in [5, 5.41) is 7.15. The number of imidazole rings is 1. The lowest BCUT2D eigenvalue weighted by atomic mass is 10.1. The second kappa shape index (κ2) is 11.0. The van der Waals surface area contributed by atoms with Crippen LogP contribution in [0.15, 0.2) is 78.2 Å². The molecule has 0 unspecified atom stereocenters. The van der Waals surface area contributed by atoms with Gasteiger partial charge in [0.05, 0.1) is 18.2 Å². The zero-order valence-corrected chi connectivity index (χ0v) is 19.9. The van der Waals surface area contributed by atoms with Crippen molar-refractivity contribution in [2.45, 2.75) is 30.5 Å². The number of rotatable bonds is 9. The summed E-state index contributed by atoms with van der Waals surface area (Å²) in [5.41, 5.74) is 4.33. The van der Waals surface area contributed by atoms with Crippen molar-refractivity contribution in [1.29, 1.82) is 0 Å². The quantitative estimate of drug-likeness (QED) is 0.246. The van der Waals surface area contributed by atoms with E-state index in [0.717, 1.165) is 46.1 Å². The number of amides is 1. The summed E-state index contributed by atoms with van der Waals surface area (Å²) < 4.78 is 17.2. The molecule has 0 radical (unpaired) electrons. The van der Waals surface area contributed by atoms with E-state index < -0.39 is 0 Å². The third kappa shape index (κ3) is 5.82. The van der Waals surface area contributed by atoms with E-state index in [4.69, 9.17) is 0 Å². The van der Waals surface area contributed by atoms with Gasteiger partial charge in [-0.15, -0.1) is 11.8 Å². The van der Waals surface area contributed by atoms with E-state index in [-0.39, 0.29) is 11.7 Å². The molecule has 6 nitrogen and oxygen atoms in total. The van der Waals surface area contributed by atoms with E-state index in [1.165, 1.54) is 23.9 Å². The number of aryl methyl sites for hydroxylation is 2. The average molecular weight is 476 g/mol. The highest BCUT2D eigenvalue weighted by Crippen LogP contribution is 2.26. The normalized spacial score (nSPS) is 11.3. The molecule has 1 amide bonds. The third-order valence-electron chi connectivity index (χ3n) is 5.27. The van der Waals surface area contributed by atoms with Gasteiger partial charge in [0.1, 0.15) is 5.82 Å². The SMILES string of the molecule is CCCn1cncc1CSc1ccc(NC(=O)/C=C/c2cnn(C)c2-c2ccc(F)cc2)cc1. The highest BCUT2D eigenvalue weighted by Gasteiger charge is 2.10. The van der Waals surface area contributed by atoms with Crippen molar-refractivity contribution in [3.05, 3.63) is 90.4 Å². The third-order valence-corrected chi connectivity index (χ3v) is 6.32. The van der Waals surface area contributed by atoms with Gasteiger partial charge in [-0.25, -0.2) is 9.37 Å². The fourth-order valence-corrected chi connectivity index (χ4v) is 4.47. The van der Waals surface area contributed by atoms with Crippen molar-refractivity contribution in [2.24, 2.45) is 7.05 Å². The average Bonchev–Trinajstić information content (AvgIpc) is 3.44. The van der Waals surface area contributed by atoms with Crippen molar-refractivity contribution < 1.29 is 9.18 Å². The van der Waals surface area contributed by atoms with Crippen LogP contribution in [0.5, 0.6) is 0 Å². The van der Waals surface area contributed by atoms with Gasteiger partial charge in [0.25, 0.3) is 0 Å². The van der Waals surface area contributed by atoms with Crippen LogP contribution in [0, 0.1) is 5.82 Å². The second-order valence-electron chi connectivity index (χ2n) is 7.79. The first-order chi connectivity index (χ1) is 16.5. The Balaban J connectivity index is 1.35. The van der Waals surface area contributed by atoms with E-state index in [1.807, 2.05) is 43.8 Å². The minimum Gasteiger partial charge on any atom is -0.334 e. The number of benzene rings is 2. The van der Waals surface area contributed by atoms with Crippen LogP contribution in [-0.2, 0) is 24.1 Å². The Hall–Kier alpha value is -3.65. The van der Waals surface area contributed by atoms with E-state index in [0.29, 0.717) is 0 Å². The predicted octanol–water partition coefficient (Wildman–Crippen LogP) is 5.78. The number of hydrogen-bond donors (Lipinski definition) is 1. The van der Waals surface area contributed by atoms with Gasteiger partial charge >= 0.3 is 0 Å². The van der Waals surface area contributed by atoms with Crippen LogP contribution in [0.3, 0.4) is 0 Å². The van der Waals surface area contributed by atoms with Crippen molar-refractivity contribution in [3.8, 4) is 11.3 Å². The molecule has 0 atom stereocenters. The van der Waals surface area contributed by atoms with Crippen molar-refractivity contribution >= 4 is 29.4 Å². The molecular weight excluding hydrogens is 449 g/mol. The second-order valence-corrected chi connectivity index (χ2v) is 8.84. The molecule has 1 N–H and O–H groups in total. The van der Waals surface area contributed by atoms with Crippen LogP contribution in [0.25, 0.3) is 17.3 Å². The lowest BCUT2D eigenvalue weighted by Gasteiger charge is -2.07. The van der Waals surface area contributed by atoms with Crippen LogP contribution in [0.4, 0.5) is 10.1 Å². The summed E-state index contributed by atoms with van der Waals surface area (Å²) in [6, 6.07) is 14.0. The van der Waals surface area contributed by atoms with Crippen molar-refractivity contribution in [2.75, 3.05) is 5.32 Å². The molecule has 0 aliphatic carbocycles. The van der Waals surface area contributed by atoms with Gasteiger partial charge in [-0.1, -0.05) is 6.92 Å². The lowest BCUT2D eigenvalue weighted by Crippen LogP contribution is -2.07. The number of nitrogens with zero attached hydrogens (tertiary/aromatic N) is 4. The Morgan fingerprint density at radius 3 is 2.62 bits per heavy atom. The van der Waals surface area contributed by atoms with Gasteiger partial charge in [-0.2, -0.15) is 5.10 Å². The topological polar surface area (TPSA) is 64.7 Å². The first kappa shape index (κ1) is 23.5. The standard InChI is InChI=1S/C26H26FN5OS/c1-3-14-32-18-28-16-23(32)17-34-24-11-9-22(10-12-24)30-25(33)13-6-20-15-29-31(2)26(20)19-4-7-21(27)8-5-19/h4-13,15-16,18H,3,14,17H2,1-2H3,(H,30,33)/b13-6+. The van der Waals surface area contributed by atoms with Crippen LogP contribution < -0.4 is 5.32 Å². The molecule has 0 saturated heterocycles. The Kier molecular flexibility index (Phi) is 7.59. The number of nitrogens with one attached hydrogen (secondary N) is 1. The Morgan fingerprint density at radius 1 is 1.12 bits per heavy atom. The Labute approximate surface area is 202 Å². The van der Waals surface area contributed by atoms with Gasteiger partial charge in [0, 0.05) is 59.0 Å². The van der Waals surface area contributed by atoms with Gasteiger partial charge in [-0.05, 0) is 61.0 Å². The monoisotopic (exact) mass is 475 g/mol. The van der Waals surface area contributed by atoms with E-state index in [1.54, 1.807) is 40.8 Å². The van der Waals surface area contributed by atoms with E-state index in [2.05, 4.69) is 26.9 Å². The summed E-state index contributed by atoms with van der Waals surface area (Å²) in [4.78, 5) is 17.8. The molecule has 0 spiro atoms. The highest BCUT2D eigenvalue weighted by molar-refractivity contribution is 7.98. The van der Waals surface area contributed by atoms with Crippen LogP contribution in [0.2, 0.25) is 0 Å². The smallest absolute Gasteiger partial charge is 0.248 e. The first-order valence-corrected chi connectivity index (χ1v) is 12.0. The number of hydrogen-bond acceptors (Lipinski definition) is 4. The maximum atomic E-state index is 13.3. The van der Waals surface area contributed by atoms with Crippen LogP contribution in [0.1, 0.15) is 24.6 Å². The largest absolute Gasteiger partial charge is 0.334 e. The van der Waals surface area contributed by atoms with E-state index in [9.17, 15) is 9.18 Å². The molecule has 0 bridgehead atoms. The minimum absolute atomic E-state index is 0.238. The number of carbonyl (C=O) groups excluding carboxylic acids is 1. The van der Waals surface area contributed by atoms with Crippen molar-refractivity contribution in [3.63, 3.8) is 0 Å². The molecular formula is C26H26FN5OS. The maximum Gasteiger partial charge on any atom is 0.248 e. The van der Waals surface area contributed by atoms with Crippen molar-refractivity contribution in [1.82, 2.24) is 19.3 Å². The molecule has 174 valence electrons. The number of halogens is 1. The van der Waals surface area contributed by atoms with Gasteiger partial charge in [-0.3, -0.25) is 9.48 Å². The summed E-state index contributed by atoms with van der Waals surface area (Å²) >= 11 is 1.74.